The molecule has 0 radical (unpaired) electrons. The van der Waals surface area contributed by atoms with Gasteiger partial charge in [-0.3, -0.25) is 4.79 Å². The molecular weight excluding hydrogens is 382 g/mol. The van der Waals surface area contributed by atoms with Gasteiger partial charge >= 0.3 is 5.97 Å². The zero-order valence-electron chi connectivity index (χ0n) is 15.2. The molecule has 1 aliphatic heterocycles. The molecule has 0 unspecified atom stereocenters. The normalized spacial score (nSPS) is 15.1. The zero-order chi connectivity index (χ0) is 20.1. The Bertz CT molecular complexity index is 962. The number of Topliss-reactive ketones (excluding diaryl/α,β-unsaturated/α-hetero) is 1. The number of nitrogens with zero attached hydrogens (tertiary/aromatic N) is 1. The predicted octanol–water partition coefficient (Wildman–Crippen LogP) is 2.61. The number of ketones is 1. The molecule has 1 fully saturated rings. The lowest BCUT2D eigenvalue weighted by molar-refractivity contribution is 0.0472. The van der Waals surface area contributed by atoms with Gasteiger partial charge in [0.25, 0.3) is 0 Å². The maximum Gasteiger partial charge on any atom is 0.342 e. The number of ether oxygens (including phenoxy) is 1. The van der Waals surface area contributed by atoms with Crippen LogP contribution in [0, 0.1) is 0 Å². The molecule has 0 bridgehead atoms. The first-order valence-electron chi connectivity index (χ1n) is 8.98. The molecule has 0 saturated carbocycles. The van der Waals surface area contributed by atoms with E-state index in [0.717, 1.165) is 19.3 Å². The summed E-state index contributed by atoms with van der Waals surface area (Å²) < 4.78 is 31.6. The van der Waals surface area contributed by atoms with Crippen molar-refractivity contribution in [1.29, 1.82) is 0 Å². The lowest BCUT2D eigenvalue weighted by Gasteiger charge is -2.25. The quantitative estimate of drug-likeness (QED) is 0.588. The summed E-state index contributed by atoms with van der Waals surface area (Å²) in [6.45, 7) is 0.502. The Balaban J connectivity index is 1.64. The summed E-state index contributed by atoms with van der Waals surface area (Å²) in [6.07, 6.45) is 2.72. The summed E-state index contributed by atoms with van der Waals surface area (Å²) in [5.41, 5.74) is 0.209. The highest BCUT2D eigenvalue weighted by molar-refractivity contribution is 7.89. The van der Waals surface area contributed by atoms with Crippen LogP contribution in [0.4, 0.5) is 0 Å². The minimum absolute atomic E-state index is 0.0294. The van der Waals surface area contributed by atoms with Crippen LogP contribution in [0.5, 0.6) is 5.75 Å². The molecule has 0 aliphatic carbocycles. The van der Waals surface area contributed by atoms with E-state index in [2.05, 4.69) is 0 Å². The van der Waals surface area contributed by atoms with Gasteiger partial charge in [0.1, 0.15) is 11.3 Å². The average Bonchev–Trinajstić information content (AvgIpc) is 2.73. The number of aromatic hydroxyl groups is 1. The van der Waals surface area contributed by atoms with E-state index in [9.17, 15) is 23.1 Å². The van der Waals surface area contributed by atoms with Crippen LogP contribution in [0.15, 0.2) is 53.4 Å². The van der Waals surface area contributed by atoms with Gasteiger partial charge < -0.3 is 9.84 Å². The highest BCUT2D eigenvalue weighted by Gasteiger charge is 2.26. The third kappa shape index (κ3) is 4.40. The van der Waals surface area contributed by atoms with E-state index in [1.54, 1.807) is 12.1 Å². The summed E-state index contributed by atoms with van der Waals surface area (Å²) in [5, 5.41) is 9.63. The Morgan fingerprint density at radius 3 is 2.25 bits per heavy atom. The molecule has 1 N–H and O–H groups in total. The Morgan fingerprint density at radius 2 is 1.61 bits per heavy atom. The van der Waals surface area contributed by atoms with Crippen molar-refractivity contribution >= 4 is 21.8 Å². The first-order chi connectivity index (χ1) is 13.4. The number of carbonyl (C=O) groups is 2. The van der Waals surface area contributed by atoms with Crippen LogP contribution >= 0.6 is 0 Å². The summed E-state index contributed by atoms with van der Waals surface area (Å²) >= 11 is 0. The Kier molecular flexibility index (Phi) is 6.11. The maximum atomic E-state index is 12.6. The molecule has 1 heterocycles. The number of carbonyl (C=O) groups excluding carboxylic acids is 2. The van der Waals surface area contributed by atoms with Gasteiger partial charge in [-0.25, -0.2) is 13.2 Å². The number of phenolic OH excluding ortho intramolecular Hbond substituents is 1. The van der Waals surface area contributed by atoms with Crippen molar-refractivity contribution in [2.24, 2.45) is 0 Å². The molecule has 7 nitrogen and oxygen atoms in total. The van der Waals surface area contributed by atoms with Gasteiger partial charge in [-0.2, -0.15) is 4.31 Å². The number of piperidine rings is 1. The molecule has 0 amide bonds. The standard InChI is InChI=1S/C20H21NO6S/c22-18-7-3-2-6-17(18)20(24)27-14-19(23)15-8-10-16(11-9-15)28(25,26)21-12-4-1-5-13-21/h2-3,6-11,22H,1,4-5,12-14H2. The van der Waals surface area contributed by atoms with Crippen molar-refractivity contribution in [3.8, 4) is 5.75 Å². The molecular formula is C20H21NO6S. The number of phenols is 1. The molecule has 0 aromatic heterocycles. The Morgan fingerprint density at radius 1 is 0.964 bits per heavy atom. The maximum absolute atomic E-state index is 12.6. The summed E-state index contributed by atoms with van der Waals surface area (Å²) in [5.74, 6) is -1.51. The van der Waals surface area contributed by atoms with E-state index >= 15 is 0 Å². The van der Waals surface area contributed by atoms with Crippen LogP contribution in [-0.2, 0) is 14.8 Å². The topological polar surface area (TPSA) is 101 Å². The monoisotopic (exact) mass is 403 g/mol. The first kappa shape index (κ1) is 20.0. The fourth-order valence-electron chi connectivity index (χ4n) is 3.01. The van der Waals surface area contributed by atoms with Crippen molar-refractivity contribution in [2.75, 3.05) is 19.7 Å². The Hall–Kier alpha value is -2.71. The smallest absolute Gasteiger partial charge is 0.342 e. The summed E-state index contributed by atoms with van der Waals surface area (Å²) in [6, 6.07) is 11.5. The molecule has 148 valence electrons. The van der Waals surface area contributed by atoms with Gasteiger partial charge in [0.15, 0.2) is 12.4 Å². The largest absolute Gasteiger partial charge is 0.507 e. The molecule has 1 saturated heterocycles. The average molecular weight is 403 g/mol. The number of para-hydroxylation sites is 1. The van der Waals surface area contributed by atoms with Gasteiger partial charge in [0.2, 0.25) is 10.0 Å². The minimum atomic E-state index is -3.56. The van der Waals surface area contributed by atoms with Crippen LogP contribution < -0.4 is 0 Å². The molecule has 0 spiro atoms. The third-order valence-corrected chi connectivity index (χ3v) is 6.50. The summed E-state index contributed by atoms with van der Waals surface area (Å²) in [4.78, 5) is 24.3. The fourth-order valence-corrected chi connectivity index (χ4v) is 4.52. The number of esters is 1. The van der Waals surface area contributed by atoms with Crippen molar-refractivity contribution in [2.45, 2.75) is 24.2 Å². The van der Waals surface area contributed by atoms with Crippen molar-refractivity contribution in [3.63, 3.8) is 0 Å². The Labute approximate surface area is 163 Å². The van der Waals surface area contributed by atoms with Crippen LogP contribution in [0.3, 0.4) is 0 Å². The van der Waals surface area contributed by atoms with Gasteiger partial charge in [-0.1, -0.05) is 18.6 Å². The predicted molar refractivity (Wildman–Crippen MR) is 102 cm³/mol. The van der Waals surface area contributed by atoms with E-state index in [1.807, 2.05) is 0 Å². The van der Waals surface area contributed by atoms with Gasteiger partial charge in [-0.15, -0.1) is 0 Å². The second-order valence-electron chi connectivity index (χ2n) is 6.51. The van der Waals surface area contributed by atoms with E-state index < -0.39 is 28.4 Å². The fraction of sp³-hybridized carbons (Fsp3) is 0.300. The molecule has 28 heavy (non-hydrogen) atoms. The summed E-state index contributed by atoms with van der Waals surface area (Å²) in [7, 11) is -3.56. The van der Waals surface area contributed by atoms with Crippen molar-refractivity contribution in [3.05, 3.63) is 59.7 Å². The number of hydrogen-bond acceptors (Lipinski definition) is 6. The van der Waals surface area contributed by atoms with E-state index in [0.29, 0.717) is 13.1 Å². The van der Waals surface area contributed by atoms with E-state index in [4.69, 9.17) is 4.74 Å². The molecule has 3 rings (SSSR count). The molecule has 8 heteroatoms. The molecule has 2 aromatic rings. The second kappa shape index (κ2) is 8.53. The second-order valence-corrected chi connectivity index (χ2v) is 8.44. The van der Waals surface area contributed by atoms with Crippen LogP contribution in [0.25, 0.3) is 0 Å². The number of hydrogen-bond donors (Lipinski definition) is 1. The lowest BCUT2D eigenvalue weighted by Crippen LogP contribution is -2.35. The molecule has 2 aromatic carbocycles. The van der Waals surface area contributed by atoms with E-state index in [1.165, 1.54) is 40.7 Å². The SMILES string of the molecule is O=C(COC(=O)c1ccccc1O)c1ccc(S(=O)(=O)N2CCCCC2)cc1. The first-order valence-corrected chi connectivity index (χ1v) is 10.4. The van der Waals surface area contributed by atoms with Gasteiger partial charge in [-0.05, 0) is 49.2 Å². The number of benzene rings is 2. The van der Waals surface area contributed by atoms with Gasteiger partial charge in [0.05, 0.1) is 4.90 Å². The highest BCUT2D eigenvalue weighted by Crippen LogP contribution is 2.21. The lowest BCUT2D eigenvalue weighted by atomic mass is 10.1. The van der Waals surface area contributed by atoms with E-state index in [-0.39, 0.29) is 21.8 Å². The van der Waals surface area contributed by atoms with Gasteiger partial charge in [0, 0.05) is 18.7 Å². The van der Waals surface area contributed by atoms with Crippen molar-refractivity contribution in [1.82, 2.24) is 4.31 Å². The number of rotatable bonds is 6. The van der Waals surface area contributed by atoms with Crippen LogP contribution in [0.1, 0.15) is 40.0 Å². The number of sulfonamides is 1. The zero-order valence-corrected chi connectivity index (χ0v) is 16.0. The highest BCUT2D eigenvalue weighted by atomic mass is 32.2. The van der Waals surface area contributed by atoms with Crippen molar-refractivity contribution < 1.29 is 27.9 Å². The molecule has 1 aliphatic rings. The third-order valence-electron chi connectivity index (χ3n) is 4.59. The molecule has 0 atom stereocenters. The van der Waals surface area contributed by atoms with Crippen LogP contribution in [0.2, 0.25) is 0 Å². The minimum Gasteiger partial charge on any atom is -0.507 e. The van der Waals surface area contributed by atoms with Crippen LogP contribution in [-0.4, -0.2) is 49.3 Å².